The quantitative estimate of drug-likeness (QED) is 0.221. The molecule has 3 heteroatoms. The molecule has 1 unspecified atom stereocenters. The first-order valence-corrected chi connectivity index (χ1v) is 15.2. The van der Waals surface area contributed by atoms with E-state index in [9.17, 15) is 0 Å². The van der Waals surface area contributed by atoms with E-state index in [-0.39, 0.29) is 5.92 Å². The molecule has 44 heavy (non-hydrogen) atoms. The van der Waals surface area contributed by atoms with Gasteiger partial charge in [-0.15, -0.1) is 0 Å². The number of nitrogens with one attached hydrogen (secondary N) is 1. The molecular formula is C41H29N3. The van der Waals surface area contributed by atoms with Gasteiger partial charge in [-0.2, -0.15) is 0 Å². The molecule has 1 aliphatic rings. The Morgan fingerprint density at radius 3 is 2.00 bits per heavy atom. The second-order valence-electron chi connectivity index (χ2n) is 11.7. The molecule has 0 radical (unpaired) electrons. The first-order chi connectivity index (χ1) is 21.8. The van der Waals surface area contributed by atoms with E-state index in [2.05, 4.69) is 161 Å². The third-order valence-corrected chi connectivity index (χ3v) is 9.09. The van der Waals surface area contributed by atoms with Crippen LogP contribution in [0.5, 0.6) is 0 Å². The topological polar surface area (TPSA) is 33.1 Å². The van der Waals surface area contributed by atoms with E-state index in [1.807, 2.05) is 0 Å². The largest absolute Gasteiger partial charge is 0.355 e. The van der Waals surface area contributed by atoms with Crippen molar-refractivity contribution in [3.8, 4) is 11.1 Å². The van der Waals surface area contributed by atoms with Gasteiger partial charge < -0.3 is 4.98 Å². The molecule has 0 spiro atoms. The molecule has 0 saturated heterocycles. The summed E-state index contributed by atoms with van der Waals surface area (Å²) < 4.78 is 2.36. The van der Waals surface area contributed by atoms with Gasteiger partial charge in [0.15, 0.2) is 0 Å². The molecule has 0 saturated carbocycles. The Labute approximate surface area is 255 Å². The van der Waals surface area contributed by atoms with Crippen molar-refractivity contribution >= 4 is 55.1 Å². The van der Waals surface area contributed by atoms with E-state index in [1.165, 1.54) is 60.3 Å². The molecule has 0 fully saturated rings. The zero-order valence-electron chi connectivity index (χ0n) is 24.1. The van der Waals surface area contributed by atoms with Gasteiger partial charge in [0.2, 0.25) is 0 Å². The highest BCUT2D eigenvalue weighted by molar-refractivity contribution is 6.13. The number of aromatic amines is 1. The number of fused-ring (bicyclic) bond motifs is 6. The number of benzene rings is 6. The monoisotopic (exact) mass is 563 g/mol. The van der Waals surface area contributed by atoms with Crippen LogP contribution in [0.2, 0.25) is 0 Å². The third-order valence-electron chi connectivity index (χ3n) is 9.09. The van der Waals surface area contributed by atoms with Gasteiger partial charge in [-0.05, 0) is 64.7 Å². The molecule has 3 nitrogen and oxygen atoms in total. The Hall–Kier alpha value is -5.67. The van der Waals surface area contributed by atoms with Gasteiger partial charge >= 0.3 is 0 Å². The summed E-state index contributed by atoms with van der Waals surface area (Å²) in [4.78, 5) is 8.90. The van der Waals surface area contributed by atoms with Crippen molar-refractivity contribution in [1.82, 2.24) is 9.55 Å². The van der Waals surface area contributed by atoms with E-state index >= 15 is 0 Å². The highest BCUT2D eigenvalue weighted by atomic mass is 15.1. The van der Waals surface area contributed by atoms with Crippen LogP contribution in [0.15, 0.2) is 157 Å². The summed E-state index contributed by atoms with van der Waals surface area (Å²) in [6, 6.07) is 52.3. The normalized spacial score (nSPS) is 15.2. The summed E-state index contributed by atoms with van der Waals surface area (Å²) >= 11 is 0. The van der Waals surface area contributed by atoms with Crippen LogP contribution in [0.4, 0.5) is 0 Å². The van der Waals surface area contributed by atoms with Crippen LogP contribution in [0.1, 0.15) is 23.5 Å². The van der Waals surface area contributed by atoms with Crippen LogP contribution in [0.25, 0.3) is 60.6 Å². The standard InChI is InChI=1S/C41H29N3/c1-3-11-27(12-4-1)31-25-38(28-13-5-2-6-14-28)43-41(26-31)44-39-18-10-8-16-33(39)35-24-30(20-22-40(35)44)29-19-21-37-34(23-29)32-15-7-9-17-36(32)42-37/h1-24,26,31,42H,25H2. The van der Waals surface area contributed by atoms with Crippen LogP contribution >= 0.6 is 0 Å². The predicted octanol–water partition coefficient (Wildman–Crippen LogP) is 10.6. The highest BCUT2D eigenvalue weighted by Gasteiger charge is 2.23. The van der Waals surface area contributed by atoms with Crippen molar-refractivity contribution in [3.05, 3.63) is 163 Å². The number of aromatic nitrogens is 2. The van der Waals surface area contributed by atoms with Crippen molar-refractivity contribution < 1.29 is 0 Å². The lowest BCUT2D eigenvalue weighted by atomic mass is 9.89. The first kappa shape index (κ1) is 24.9. The average Bonchev–Trinajstić information content (AvgIpc) is 3.64. The molecule has 8 aromatic rings. The predicted molar refractivity (Wildman–Crippen MR) is 185 cm³/mol. The Morgan fingerprint density at radius 1 is 0.523 bits per heavy atom. The van der Waals surface area contributed by atoms with Gasteiger partial charge in [0, 0.05) is 44.9 Å². The van der Waals surface area contributed by atoms with E-state index in [0.29, 0.717) is 0 Å². The Kier molecular flexibility index (Phi) is 5.63. The second kappa shape index (κ2) is 9.96. The minimum absolute atomic E-state index is 0.234. The molecule has 0 aliphatic carbocycles. The van der Waals surface area contributed by atoms with Crippen LogP contribution < -0.4 is 0 Å². The molecule has 208 valence electrons. The van der Waals surface area contributed by atoms with Crippen molar-refractivity contribution in [2.75, 3.05) is 0 Å². The van der Waals surface area contributed by atoms with Crippen molar-refractivity contribution in [2.24, 2.45) is 4.99 Å². The number of rotatable bonds is 4. The molecule has 9 rings (SSSR count). The van der Waals surface area contributed by atoms with Crippen molar-refractivity contribution in [2.45, 2.75) is 12.3 Å². The van der Waals surface area contributed by atoms with Crippen LogP contribution in [0, 0.1) is 0 Å². The minimum atomic E-state index is 0.234. The van der Waals surface area contributed by atoms with Gasteiger partial charge in [0.05, 0.1) is 16.7 Å². The number of hydrogen-bond donors (Lipinski definition) is 1. The summed E-state index contributed by atoms with van der Waals surface area (Å²) in [7, 11) is 0. The molecule has 0 bridgehead atoms. The maximum absolute atomic E-state index is 5.35. The number of H-pyrrole nitrogens is 1. The average molecular weight is 564 g/mol. The molecule has 3 heterocycles. The van der Waals surface area contributed by atoms with Crippen molar-refractivity contribution in [3.63, 3.8) is 0 Å². The molecule has 1 N–H and O–H groups in total. The van der Waals surface area contributed by atoms with Gasteiger partial charge in [-0.1, -0.05) is 109 Å². The molecule has 6 aromatic carbocycles. The van der Waals surface area contributed by atoms with E-state index in [4.69, 9.17) is 4.99 Å². The number of allylic oxidation sites excluding steroid dienone is 1. The maximum Gasteiger partial charge on any atom is 0.134 e. The lowest BCUT2D eigenvalue weighted by Crippen LogP contribution is -2.14. The van der Waals surface area contributed by atoms with Crippen LogP contribution in [-0.4, -0.2) is 15.3 Å². The van der Waals surface area contributed by atoms with Gasteiger partial charge in [-0.25, -0.2) is 4.99 Å². The van der Waals surface area contributed by atoms with E-state index < -0.39 is 0 Å². The fourth-order valence-electron chi connectivity index (χ4n) is 6.95. The van der Waals surface area contributed by atoms with Crippen molar-refractivity contribution in [1.29, 1.82) is 0 Å². The van der Waals surface area contributed by atoms with Gasteiger partial charge in [0.25, 0.3) is 0 Å². The Balaban J connectivity index is 1.24. The lowest BCUT2D eigenvalue weighted by molar-refractivity contribution is 0.867. The zero-order chi connectivity index (χ0) is 29.0. The molecule has 0 amide bonds. The zero-order valence-corrected chi connectivity index (χ0v) is 24.1. The van der Waals surface area contributed by atoms with Gasteiger partial charge in [0.1, 0.15) is 5.82 Å². The SMILES string of the molecule is C1=C(n2c3ccccc3c3cc(-c4ccc5[nH]c6ccccc6c5c4)ccc32)N=C(c2ccccc2)CC1c1ccccc1. The summed E-state index contributed by atoms with van der Waals surface area (Å²) in [6.45, 7) is 0. The first-order valence-electron chi connectivity index (χ1n) is 15.2. The number of para-hydroxylation sites is 2. The molecule has 1 aliphatic heterocycles. The second-order valence-corrected chi connectivity index (χ2v) is 11.7. The third kappa shape index (κ3) is 4.01. The lowest BCUT2D eigenvalue weighted by Gasteiger charge is -2.23. The molecular weight excluding hydrogens is 534 g/mol. The number of hydrogen-bond acceptors (Lipinski definition) is 1. The number of nitrogens with zero attached hydrogens (tertiary/aromatic N) is 2. The Morgan fingerprint density at radius 2 is 1.16 bits per heavy atom. The summed E-state index contributed by atoms with van der Waals surface area (Å²) in [5, 5.41) is 4.97. The van der Waals surface area contributed by atoms with Crippen LogP contribution in [-0.2, 0) is 0 Å². The van der Waals surface area contributed by atoms with E-state index in [1.54, 1.807) is 0 Å². The summed E-state index contributed by atoms with van der Waals surface area (Å²) in [5.41, 5.74) is 10.7. The van der Waals surface area contributed by atoms with Gasteiger partial charge in [-0.3, -0.25) is 4.57 Å². The Bertz CT molecular complexity index is 2410. The smallest absolute Gasteiger partial charge is 0.134 e. The maximum atomic E-state index is 5.35. The minimum Gasteiger partial charge on any atom is -0.355 e. The molecule has 1 atom stereocenters. The van der Waals surface area contributed by atoms with E-state index in [0.717, 1.165) is 23.5 Å². The summed E-state index contributed by atoms with van der Waals surface area (Å²) in [6.07, 6.45) is 3.22. The number of aliphatic imine (C=N–C) groups is 1. The fraction of sp³-hybridized carbons (Fsp3) is 0.0488. The fourth-order valence-corrected chi connectivity index (χ4v) is 6.95. The highest BCUT2D eigenvalue weighted by Crippen LogP contribution is 2.39. The van der Waals surface area contributed by atoms with Crippen LogP contribution in [0.3, 0.4) is 0 Å². The molecule has 2 aromatic heterocycles. The summed E-state index contributed by atoms with van der Waals surface area (Å²) in [5.74, 6) is 1.21.